The molecule has 4 rings (SSSR count). The molecule has 1 aromatic carbocycles. The van der Waals surface area contributed by atoms with Crippen LogP contribution in [0.1, 0.15) is 22.3 Å². The number of aryl methyl sites for hydroxylation is 1. The van der Waals surface area contributed by atoms with Gasteiger partial charge in [0.05, 0.1) is 0 Å². The maximum Gasteiger partial charge on any atom is 0.257 e. The zero-order chi connectivity index (χ0) is 21.3. The Bertz CT molecular complexity index is 1010. The highest BCUT2D eigenvalue weighted by Crippen LogP contribution is 2.39. The normalized spacial score (nSPS) is 19.7. The number of carbonyl (C=O) groups is 1. The molecule has 9 heteroatoms. The third-order valence-corrected chi connectivity index (χ3v) is 4.97. The predicted molar refractivity (Wildman–Crippen MR) is 109 cm³/mol. The fourth-order valence-electron chi connectivity index (χ4n) is 3.44. The number of hydroxylamine groups is 2. The van der Waals surface area contributed by atoms with E-state index in [1.807, 2.05) is 0 Å². The van der Waals surface area contributed by atoms with Gasteiger partial charge in [0.2, 0.25) is 0 Å². The second kappa shape index (κ2) is 8.19. The molecule has 1 aromatic heterocycles. The van der Waals surface area contributed by atoms with E-state index in [1.165, 1.54) is 7.05 Å². The molecule has 0 fully saturated rings. The molecule has 2 unspecified atom stereocenters. The minimum absolute atomic E-state index is 0.309. The van der Waals surface area contributed by atoms with Gasteiger partial charge in [0.1, 0.15) is 30.4 Å². The molecular weight excluding hydrogens is 391 g/mol. The number of anilines is 1. The standard InChI is InChI=1S/C21H22FN4O4/c1-25-8-7-20(24-25)23-21(27)13-9-18(17-11-16(12-22)30-19(17)10-13)29-15-5-3-14(4-6-15)26(2)28/h3-5,7-10,15-16H,6,11-12H2,1-2H3,(H,23,24,27)/q-1. The van der Waals surface area contributed by atoms with Gasteiger partial charge in [-0.2, -0.15) is 5.10 Å². The van der Waals surface area contributed by atoms with Crippen molar-refractivity contribution in [2.75, 3.05) is 19.0 Å². The lowest BCUT2D eigenvalue weighted by Gasteiger charge is -2.29. The molecule has 2 heterocycles. The summed E-state index contributed by atoms with van der Waals surface area (Å²) in [6, 6.07) is 4.91. The van der Waals surface area contributed by atoms with E-state index >= 15 is 0 Å². The molecule has 1 aliphatic carbocycles. The monoisotopic (exact) mass is 413 g/mol. The van der Waals surface area contributed by atoms with Gasteiger partial charge in [0.25, 0.3) is 5.91 Å². The first-order chi connectivity index (χ1) is 14.4. The number of likely N-dealkylation sites (N-methyl/N-ethyl adjacent to an activating group) is 1. The quantitative estimate of drug-likeness (QED) is 0.732. The molecule has 8 nitrogen and oxygen atoms in total. The Labute approximate surface area is 173 Å². The number of carbonyl (C=O) groups excluding carboxylic acids is 1. The maximum atomic E-state index is 13.2. The van der Waals surface area contributed by atoms with Gasteiger partial charge in [-0.15, -0.1) is 0 Å². The Hall–Kier alpha value is -3.33. The summed E-state index contributed by atoms with van der Waals surface area (Å²) >= 11 is 0. The number of nitrogens with zero attached hydrogens (tertiary/aromatic N) is 3. The molecule has 0 saturated carbocycles. The van der Waals surface area contributed by atoms with Crippen molar-refractivity contribution in [3.63, 3.8) is 0 Å². The van der Waals surface area contributed by atoms with Gasteiger partial charge in [0.15, 0.2) is 5.82 Å². The van der Waals surface area contributed by atoms with Crippen LogP contribution < -0.4 is 14.8 Å². The summed E-state index contributed by atoms with van der Waals surface area (Å²) in [6.45, 7) is -0.630. The third kappa shape index (κ3) is 4.16. The van der Waals surface area contributed by atoms with E-state index in [4.69, 9.17) is 9.47 Å². The first kappa shape index (κ1) is 20.0. The van der Waals surface area contributed by atoms with Gasteiger partial charge >= 0.3 is 0 Å². The summed E-state index contributed by atoms with van der Waals surface area (Å²) in [7, 11) is 3.19. The van der Waals surface area contributed by atoms with Crippen molar-refractivity contribution in [3.8, 4) is 11.5 Å². The zero-order valence-electron chi connectivity index (χ0n) is 16.7. The van der Waals surface area contributed by atoms with Crippen LogP contribution in [-0.2, 0) is 13.5 Å². The Morgan fingerprint density at radius 2 is 2.33 bits per heavy atom. The number of hydrogen-bond donors (Lipinski definition) is 1. The van der Waals surface area contributed by atoms with Crippen molar-refractivity contribution in [2.45, 2.75) is 25.0 Å². The molecule has 1 N–H and O–H groups in total. The van der Waals surface area contributed by atoms with E-state index in [0.717, 1.165) is 10.6 Å². The average Bonchev–Trinajstić information content (AvgIpc) is 3.34. The summed E-state index contributed by atoms with van der Waals surface area (Å²) in [5.41, 5.74) is 1.62. The zero-order valence-corrected chi connectivity index (χ0v) is 16.7. The topological polar surface area (TPSA) is 91.7 Å². The fourth-order valence-corrected chi connectivity index (χ4v) is 3.44. The summed E-state index contributed by atoms with van der Waals surface area (Å²) in [5.74, 6) is 0.957. The second-order valence-electron chi connectivity index (χ2n) is 7.26. The first-order valence-electron chi connectivity index (χ1n) is 9.59. The van der Waals surface area contributed by atoms with Crippen LogP contribution in [0.2, 0.25) is 0 Å². The van der Waals surface area contributed by atoms with Crippen LogP contribution in [0.4, 0.5) is 10.2 Å². The number of halogens is 1. The van der Waals surface area contributed by atoms with Crippen LogP contribution in [0.3, 0.4) is 0 Å². The molecule has 1 aliphatic heterocycles. The van der Waals surface area contributed by atoms with Gasteiger partial charge in [-0.1, -0.05) is 6.08 Å². The van der Waals surface area contributed by atoms with Crippen LogP contribution in [0.15, 0.2) is 48.3 Å². The van der Waals surface area contributed by atoms with Crippen molar-refractivity contribution < 1.29 is 18.7 Å². The van der Waals surface area contributed by atoms with E-state index in [-0.39, 0.29) is 12.0 Å². The molecule has 30 heavy (non-hydrogen) atoms. The lowest BCUT2D eigenvalue weighted by atomic mass is 10.0. The van der Waals surface area contributed by atoms with Crippen molar-refractivity contribution in [3.05, 3.63) is 64.7 Å². The number of amides is 1. The summed E-state index contributed by atoms with van der Waals surface area (Å²) in [6.07, 6.45) is 6.96. The third-order valence-electron chi connectivity index (χ3n) is 4.97. The van der Waals surface area contributed by atoms with Crippen LogP contribution >= 0.6 is 0 Å². The number of hydrogen-bond acceptors (Lipinski definition) is 6. The molecule has 0 saturated heterocycles. The first-order valence-corrected chi connectivity index (χ1v) is 9.59. The Balaban J connectivity index is 1.58. The molecule has 2 aliphatic rings. The van der Waals surface area contributed by atoms with Crippen LogP contribution in [0.5, 0.6) is 11.5 Å². The minimum Gasteiger partial charge on any atom is -0.758 e. The number of aromatic nitrogens is 2. The molecular formula is C21H22FN4O4-. The van der Waals surface area contributed by atoms with E-state index in [0.29, 0.717) is 41.4 Å². The van der Waals surface area contributed by atoms with Gasteiger partial charge < -0.3 is 25.1 Å². The fraction of sp³-hybridized carbons (Fsp3) is 0.333. The maximum absolute atomic E-state index is 13.2. The number of rotatable bonds is 6. The Morgan fingerprint density at radius 3 is 2.97 bits per heavy atom. The van der Waals surface area contributed by atoms with Crippen LogP contribution in [-0.4, -0.2) is 46.7 Å². The number of allylic oxidation sites excluding steroid dienone is 1. The number of benzene rings is 1. The molecule has 2 aromatic rings. The van der Waals surface area contributed by atoms with Gasteiger partial charge in [-0.05, 0) is 31.3 Å². The molecule has 0 radical (unpaired) electrons. The number of fused-ring (bicyclic) bond motifs is 1. The van der Waals surface area contributed by atoms with Crippen LogP contribution in [0, 0.1) is 5.21 Å². The second-order valence-corrected chi connectivity index (χ2v) is 7.26. The van der Waals surface area contributed by atoms with Gasteiger partial charge in [-0.25, -0.2) is 4.39 Å². The van der Waals surface area contributed by atoms with Crippen LogP contribution in [0.25, 0.3) is 0 Å². The summed E-state index contributed by atoms with van der Waals surface area (Å²) in [4.78, 5) is 12.7. The van der Waals surface area contributed by atoms with E-state index in [9.17, 15) is 14.4 Å². The molecule has 158 valence electrons. The van der Waals surface area contributed by atoms with E-state index < -0.39 is 12.8 Å². The smallest absolute Gasteiger partial charge is 0.257 e. The number of alkyl halides is 1. The Morgan fingerprint density at radius 1 is 1.50 bits per heavy atom. The largest absolute Gasteiger partial charge is 0.758 e. The SMILES string of the molecule is CN([O-])C1=CCC(Oc2cc(C(=O)Nc3ccn(C)n3)cc3c2CC(CF)O3)C=C1. The molecule has 2 atom stereocenters. The van der Waals surface area contributed by atoms with E-state index in [1.54, 1.807) is 54.4 Å². The minimum atomic E-state index is -0.630. The van der Waals surface area contributed by atoms with E-state index in [2.05, 4.69) is 10.4 Å². The highest BCUT2D eigenvalue weighted by atomic mass is 19.1. The number of ether oxygens (including phenoxy) is 2. The van der Waals surface area contributed by atoms with Crippen molar-refractivity contribution in [1.82, 2.24) is 14.8 Å². The molecule has 1 amide bonds. The number of nitrogens with one attached hydrogen (secondary N) is 1. The molecule has 0 bridgehead atoms. The Kier molecular flexibility index (Phi) is 5.45. The van der Waals surface area contributed by atoms with Crippen molar-refractivity contribution in [1.29, 1.82) is 0 Å². The highest BCUT2D eigenvalue weighted by molar-refractivity contribution is 6.04. The van der Waals surface area contributed by atoms with Crippen molar-refractivity contribution >= 4 is 11.7 Å². The average molecular weight is 413 g/mol. The lowest BCUT2D eigenvalue weighted by molar-refractivity contribution is 0.102. The van der Waals surface area contributed by atoms with Gasteiger partial charge in [-0.3, -0.25) is 9.48 Å². The predicted octanol–water partition coefficient (Wildman–Crippen LogP) is 2.97. The van der Waals surface area contributed by atoms with Crippen molar-refractivity contribution in [2.24, 2.45) is 7.05 Å². The summed E-state index contributed by atoms with van der Waals surface area (Å²) in [5, 5.41) is 19.1. The highest BCUT2D eigenvalue weighted by Gasteiger charge is 2.29. The molecule has 0 spiro atoms. The summed E-state index contributed by atoms with van der Waals surface area (Å²) < 4.78 is 26.6. The van der Waals surface area contributed by atoms with Gasteiger partial charge in [0, 0.05) is 49.0 Å². The lowest BCUT2D eigenvalue weighted by Crippen LogP contribution is -2.19.